The van der Waals surface area contributed by atoms with Gasteiger partial charge in [-0.25, -0.2) is 0 Å². The second kappa shape index (κ2) is 9.43. The van der Waals surface area contributed by atoms with Crippen LogP contribution in [-0.2, 0) is 0 Å². The van der Waals surface area contributed by atoms with Crippen molar-refractivity contribution in [2.75, 3.05) is 0 Å². The van der Waals surface area contributed by atoms with Crippen LogP contribution < -0.4 is 0 Å². The van der Waals surface area contributed by atoms with Crippen molar-refractivity contribution in [3.63, 3.8) is 0 Å². The molecule has 0 saturated carbocycles. The molecule has 0 bridgehead atoms. The van der Waals surface area contributed by atoms with Gasteiger partial charge in [-0.2, -0.15) is 0 Å². The summed E-state index contributed by atoms with van der Waals surface area (Å²) >= 11 is 1.88. The van der Waals surface area contributed by atoms with Crippen LogP contribution in [0.3, 0.4) is 0 Å². The van der Waals surface area contributed by atoms with Gasteiger partial charge in [0.1, 0.15) is 0 Å². The number of benzene rings is 7. The maximum absolute atomic E-state index is 2.48. The fraction of sp³-hybridized carbons (Fsp3) is 0. The van der Waals surface area contributed by atoms with Gasteiger partial charge < -0.3 is 9.13 Å². The summed E-state index contributed by atoms with van der Waals surface area (Å²) in [6, 6.07) is 57.6. The highest BCUT2D eigenvalue weighted by atomic mass is 32.1. The van der Waals surface area contributed by atoms with Crippen LogP contribution in [0.15, 0.2) is 158 Å². The monoisotopic (exact) mass is 590 g/mol. The quantitative estimate of drug-likeness (QED) is 0.194. The van der Waals surface area contributed by atoms with E-state index in [0.29, 0.717) is 0 Å². The van der Waals surface area contributed by atoms with E-state index in [1.165, 1.54) is 86.3 Å². The number of rotatable bonds is 3. The Morgan fingerprint density at radius 2 is 1.04 bits per heavy atom. The number of hydrogen-bond donors (Lipinski definition) is 0. The van der Waals surface area contributed by atoms with Crippen LogP contribution in [0.2, 0.25) is 0 Å². The lowest BCUT2D eigenvalue weighted by Crippen LogP contribution is -1.94. The molecule has 0 fully saturated rings. The Morgan fingerprint density at radius 1 is 0.400 bits per heavy atom. The lowest BCUT2D eigenvalue weighted by Gasteiger charge is -2.11. The van der Waals surface area contributed by atoms with Gasteiger partial charge in [-0.05, 0) is 59.7 Å². The van der Waals surface area contributed by atoms with Gasteiger partial charge in [0.05, 0.1) is 32.5 Å². The molecule has 45 heavy (non-hydrogen) atoms. The molecule has 10 rings (SSSR count). The first-order chi connectivity index (χ1) is 22.3. The lowest BCUT2D eigenvalue weighted by atomic mass is 9.98. The van der Waals surface area contributed by atoms with E-state index in [9.17, 15) is 0 Å². The van der Waals surface area contributed by atoms with Crippen LogP contribution in [-0.4, -0.2) is 9.13 Å². The summed E-state index contributed by atoms with van der Waals surface area (Å²) in [5.41, 5.74) is 9.77. The maximum atomic E-state index is 2.48. The van der Waals surface area contributed by atoms with Crippen LogP contribution in [0.25, 0.3) is 86.3 Å². The van der Waals surface area contributed by atoms with E-state index in [1.807, 2.05) is 11.3 Å². The molecule has 0 unspecified atom stereocenters. The first-order valence-corrected chi connectivity index (χ1v) is 16.2. The Bertz CT molecular complexity index is 2760. The van der Waals surface area contributed by atoms with Crippen molar-refractivity contribution >= 4 is 75.1 Å². The van der Waals surface area contributed by atoms with Crippen LogP contribution >= 0.6 is 11.3 Å². The van der Waals surface area contributed by atoms with Gasteiger partial charge in [0, 0.05) is 42.7 Å². The molecule has 3 heterocycles. The van der Waals surface area contributed by atoms with Gasteiger partial charge in [-0.3, -0.25) is 0 Å². The van der Waals surface area contributed by atoms with Crippen molar-refractivity contribution < 1.29 is 0 Å². The van der Waals surface area contributed by atoms with Gasteiger partial charge >= 0.3 is 0 Å². The van der Waals surface area contributed by atoms with E-state index in [4.69, 9.17) is 0 Å². The predicted octanol–water partition coefficient (Wildman–Crippen LogP) is 11.9. The summed E-state index contributed by atoms with van der Waals surface area (Å²) in [6.45, 7) is 0. The molecule has 7 aromatic carbocycles. The van der Waals surface area contributed by atoms with Crippen molar-refractivity contribution in [3.8, 4) is 22.5 Å². The van der Waals surface area contributed by atoms with Crippen molar-refractivity contribution in [1.29, 1.82) is 0 Å². The number of para-hydroxylation sites is 3. The zero-order valence-corrected chi connectivity index (χ0v) is 25.1. The second-order valence-electron chi connectivity index (χ2n) is 11.7. The molecule has 3 heteroatoms. The van der Waals surface area contributed by atoms with Crippen molar-refractivity contribution in [2.24, 2.45) is 0 Å². The summed E-state index contributed by atoms with van der Waals surface area (Å²) in [5.74, 6) is 0. The molecule has 10 aromatic rings. The number of thiophene rings is 1. The average Bonchev–Trinajstić information content (AvgIpc) is 3.76. The van der Waals surface area contributed by atoms with E-state index in [1.54, 1.807) is 0 Å². The highest BCUT2D eigenvalue weighted by Crippen LogP contribution is 2.44. The molecule has 0 radical (unpaired) electrons. The fourth-order valence-corrected chi connectivity index (χ4v) is 8.63. The van der Waals surface area contributed by atoms with E-state index >= 15 is 0 Å². The number of nitrogens with zero attached hydrogens (tertiary/aromatic N) is 2. The van der Waals surface area contributed by atoms with Crippen LogP contribution in [0.1, 0.15) is 0 Å². The molecule has 0 spiro atoms. The van der Waals surface area contributed by atoms with Gasteiger partial charge in [0.2, 0.25) is 0 Å². The smallest absolute Gasteiger partial charge is 0.0640 e. The molecule has 0 aliphatic heterocycles. The normalized spacial score (nSPS) is 12.0. The molecular weight excluding hydrogens is 565 g/mol. The molecule has 0 saturated heterocycles. The first-order valence-electron chi connectivity index (χ1n) is 15.4. The third-order valence-corrected chi connectivity index (χ3v) is 10.5. The predicted molar refractivity (Wildman–Crippen MR) is 193 cm³/mol. The van der Waals surface area contributed by atoms with Crippen molar-refractivity contribution in [2.45, 2.75) is 0 Å². The van der Waals surface area contributed by atoms with Crippen molar-refractivity contribution in [1.82, 2.24) is 9.13 Å². The minimum Gasteiger partial charge on any atom is -0.309 e. The fourth-order valence-electron chi connectivity index (χ4n) is 7.42. The summed E-state index contributed by atoms with van der Waals surface area (Å²) in [6.07, 6.45) is 0. The molecule has 0 amide bonds. The summed E-state index contributed by atoms with van der Waals surface area (Å²) in [5, 5.41) is 7.73. The Balaban J connectivity index is 1.28. The molecule has 0 atom stereocenters. The Kier molecular flexibility index (Phi) is 5.19. The first kappa shape index (κ1) is 24.8. The molecule has 3 aromatic heterocycles. The third-order valence-electron chi connectivity index (χ3n) is 9.32. The number of hydrogen-bond acceptors (Lipinski definition) is 1. The van der Waals surface area contributed by atoms with Crippen molar-refractivity contribution in [3.05, 3.63) is 158 Å². The van der Waals surface area contributed by atoms with Crippen LogP contribution in [0.5, 0.6) is 0 Å². The van der Waals surface area contributed by atoms with E-state index in [2.05, 4.69) is 167 Å². The Hall–Kier alpha value is -5.64. The van der Waals surface area contributed by atoms with Gasteiger partial charge in [-0.15, -0.1) is 11.3 Å². The molecular formula is C42H26N2S. The summed E-state index contributed by atoms with van der Waals surface area (Å²) < 4.78 is 7.52. The lowest BCUT2D eigenvalue weighted by molar-refractivity contribution is 1.18. The van der Waals surface area contributed by atoms with Crippen LogP contribution in [0, 0.1) is 0 Å². The highest BCUT2D eigenvalue weighted by Gasteiger charge is 2.20. The molecule has 210 valence electrons. The number of aromatic nitrogens is 2. The van der Waals surface area contributed by atoms with Crippen LogP contribution in [0.4, 0.5) is 0 Å². The maximum Gasteiger partial charge on any atom is 0.0640 e. The minimum atomic E-state index is 1.17. The second-order valence-corrected chi connectivity index (χ2v) is 12.8. The van der Waals surface area contributed by atoms with Gasteiger partial charge in [0.15, 0.2) is 0 Å². The standard InChI is InChI=1S/C42H26N2S/c1-2-12-28(13-3-1)43-35-19-7-4-14-30(35)31-25-24-27(26-39(31)43)29-17-10-21-37-41(29)34-16-5-8-20-36(34)44(37)38-22-11-18-33-32-15-6-9-23-40(32)45-42(33)38/h1-26H. The van der Waals surface area contributed by atoms with Gasteiger partial charge in [0.25, 0.3) is 0 Å². The largest absolute Gasteiger partial charge is 0.309 e. The Labute approximate surface area is 263 Å². The van der Waals surface area contributed by atoms with E-state index < -0.39 is 0 Å². The van der Waals surface area contributed by atoms with E-state index in [-0.39, 0.29) is 0 Å². The Morgan fingerprint density at radius 3 is 1.91 bits per heavy atom. The molecule has 2 nitrogen and oxygen atoms in total. The van der Waals surface area contributed by atoms with E-state index in [0.717, 1.165) is 0 Å². The number of fused-ring (bicyclic) bond motifs is 9. The summed E-state index contributed by atoms with van der Waals surface area (Å²) in [7, 11) is 0. The minimum absolute atomic E-state index is 1.17. The third kappa shape index (κ3) is 3.50. The zero-order valence-electron chi connectivity index (χ0n) is 24.3. The molecule has 0 aliphatic carbocycles. The topological polar surface area (TPSA) is 9.86 Å². The highest BCUT2D eigenvalue weighted by molar-refractivity contribution is 7.26. The molecule has 0 aliphatic rings. The summed E-state index contributed by atoms with van der Waals surface area (Å²) in [4.78, 5) is 0. The SMILES string of the molecule is c1ccc(-n2c3ccccc3c3ccc(-c4cccc5c4c4ccccc4n5-c4cccc5c4sc4ccccc45)cc32)cc1. The zero-order chi connectivity index (χ0) is 29.5. The molecule has 0 N–H and O–H groups in total. The van der Waals surface area contributed by atoms with Gasteiger partial charge in [-0.1, -0.05) is 109 Å². The average molecular weight is 591 g/mol.